The van der Waals surface area contributed by atoms with Crippen molar-refractivity contribution in [2.75, 3.05) is 17.7 Å². The summed E-state index contributed by atoms with van der Waals surface area (Å²) in [6.07, 6.45) is 1.64. The Hall–Kier alpha value is -3.97. The molecule has 0 unspecified atom stereocenters. The molecule has 6 nitrogen and oxygen atoms in total. The number of nitrogens with zero attached hydrogens (tertiary/aromatic N) is 2. The van der Waals surface area contributed by atoms with E-state index in [0.717, 1.165) is 16.8 Å². The van der Waals surface area contributed by atoms with Gasteiger partial charge in [-0.1, -0.05) is 66.4 Å². The Morgan fingerprint density at radius 2 is 1.53 bits per heavy atom. The molecule has 1 heterocycles. The molecule has 4 rings (SSSR count). The molecule has 170 valence electrons. The lowest BCUT2D eigenvalue weighted by molar-refractivity contribution is 0.0526. The van der Waals surface area contributed by atoms with Gasteiger partial charge in [0.05, 0.1) is 17.9 Å². The Labute approximate surface area is 202 Å². The van der Waals surface area contributed by atoms with Crippen molar-refractivity contribution in [2.24, 2.45) is 0 Å². The van der Waals surface area contributed by atoms with Crippen LogP contribution < -0.4 is 5.32 Å². The molecule has 0 saturated heterocycles. The van der Waals surface area contributed by atoms with Crippen molar-refractivity contribution in [1.82, 2.24) is 9.97 Å². The second-order valence-electron chi connectivity index (χ2n) is 7.30. The summed E-state index contributed by atoms with van der Waals surface area (Å²) in [6, 6.07) is 26.4. The van der Waals surface area contributed by atoms with Crippen LogP contribution in [-0.4, -0.2) is 34.1 Å². The first-order valence-electron chi connectivity index (χ1n) is 10.8. The fourth-order valence-electron chi connectivity index (χ4n) is 3.22. The van der Waals surface area contributed by atoms with Crippen LogP contribution >= 0.6 is 11.8 Å². The number of aromatic nitrogens is 2. The van der Waals surface area contributed by atoms with Gasteiger partial charge in [0.1, 0.15) is 5.82 Å². The first-order valence-corrected chi connectivity index (χ1v) is 11.8. The molecule has 1 aromatic heterocycles. The Morgan fingerprint density at radius 1 is 0.853 bits per heavy atom. The van der Waals surface area contributed by atoms with E-state index in [1.54, 1.807) is 43.5 Å². The fourth-order valence-corrected chi connectivity index (χ4v) is 3.95. The number of rotatable bonds is 9. The van der Waals surface area contributed by atoms with Gasteiger partial charge in [-0.3, -0.25) is 4.79 Å². The zero-order chi connectivity index (χ0) is 23.8. The Kier molecular flexibility index (Phi) is 7.67. The SMILES string of the molecule is CCOC(=O)c1ccc(Nc2ccnc(SCC(=O)c3ccc(-c4ccccc4)cc3)n2)cc1. The molecule has 4 aromatic rings. The van der Waals surface area contributed by atoms with Gasteiger partial charge in [0, 0.05) is 17.4 Å². The third-order valence-corrected chi connectivity index (χ3v) is 5.81. The number of hydrogen-bond donors (Lipinski definition) is 1. The number of benzene rings is 3. The summed E-state index contributed by atoms with van der Waals surface area (Å²) < 4.78 is 5.00. The maximum absolute atomic E-state index is 12.6. The molecule has 0 fully saturated rings. The summed E-state index contributed by atoms with van der Waals surface area (Å²) in [5.74, 6) is 0.499. The number of Topliss-reactive ketones (excluding diaryl/α,β-unsaturated/α-hetero) is 1. The van der Waals surface area contributed by atoms with Crippen molar-refractivity contribution in [3.8, 4) is 11.1 Å². The number of anilines is 2. The molecule has 34 heavy (non-hydrogen) atoms. The third kappa shape index (κ3) is 6.08. The van der Waals surface area contributed by atoms with Crippen molar-refractivity contribution in [3.05, 3.63) is 102 Å². The molecule has 0 aliphatic heterocycles. The number of carbonyl (C=O) groups is 2. The zero-order valence-corrected chi connectivity index (χ0v) is 19.4. The summed E-state index contributed by atoms with van der Waals surface area (Å²) in [4.78, 5) is 33.1. The number of carbonyl (C=O) groups excluding carboxylic acids is 2. The lowest BCUT2D eigenvalue weighted by atomic mass is 10.0. The first kappa shape index (κ1) is 23.2. The first-order chi connectivity index (χ1) is 16.6. The van der Waals surface area contributed by atoms with Crippen LogP contribution in [0.4, 0.5) is 11.5 Å². The number of esters is 1. The van der Waals surface area contributed by atoms with Crippen LogP contribution in [0.25, 0.3) is 11.1 Å². The summed E-state index contributed by atoms with van der Waals surface area (Å²) >= 11 is 1.29. The van der Waals surface area contributed by atoms with Gasteiger partial charge in [0.2, 0.25) is 0 Å². The molecule has 7 heteroatoms. The Balaban J connectivity index is 1.34. The van der Waals surface area contributed by atoms with Crippen molar-refractivity contribution < 1.29 is 14.3 Å². The highest BCUT2D eigenvalue weighted by atomic mass is 32.2. The predicted octanol–water partition coefficient (Wildman–Crippen LogP) is 6.04. The van der Waals surface area contributed by atoms with E-state index in [2.05, 4.69) is 15.3 Å². The van der Waals surface area contributed by atoms with Crippen molar-refractivity contribution in [2.45, 2.75) is 12.1 Å². The van der Waals surface area contributed by atoms with E-state index < -0.39 is 0 Å². The van der Waals surface area contributed by atoms with Gasteiger partial charge in [-0.05, 0) is 48.4 Å². The minimum atomic E-state index is -0.353. The maximum atomic E-state index is 12.6. The number of ether oxygens (including phenoxy) is 1. The molecule has 3 aromatic carbocycles. The molecule has 0 aliphatic rings. The second kappa shape index (κ2) is 11.2. The standard InChI is InChI=1S/C27H23N3O3S/c1-2-33-26(32)22-12-14-23(15-13-22)29-25-16-17-28-27(30-25)34-18-24(31)21-10-8-20(9-11-21)19-6-4-3-5-7-19/h3-17H,2,18H2,1H3,(H,28,29,30). The lowest BCUT2D eigenvalue weighted by Gasteiger charge is -2.08. The topological polar surface area (TPSA) is 81.2 Å². The van der Waals surface area contributed by atoms with Crippen LogP contribution in [0.3, 0.4) is 0 Å². The average Bonchev–Trinajstić information content (AvgIpc) is 2.89. The van der Waals surface area contributed by atoms with Gasteiger partial charge >= 0.3 is 5.97 Å². The summed E-state index contributed by atoms with van der Waals surface area (Å²) in [5.41, 5.74) is 4.10. The third-order valence-electron chi connectivity index (χ3n) is 4.95. The number of hydrogen-bond acceptors (Lipinski definition) is 7. The monoisotopic (exact) mass is 469 g/mol. The van der Waals surface area contributed by atoms with Gasteiger partial charge in [-0.25, -0.2) is 14.8 Å². The smallest absolute Gasteiger partial charge is 0.338 e. The molecular weight excluding hydrogens is 446 g/mol. The molecule has 0 spiro atoms. The molecule has 0 atom stereocenters. The van der Waals surface area contributed by atoms with Crippen molar-refractivity contribution in [1.29, 1.82) is 0 Å². The van der Waals surface area contributed by atoms with Crippen molar-refractivity contribution >= 4 is 35.0 Å². The van der Waals surface area contributed by atoms with Gasteiger partial charge in [0.15, 0.2) is 10.9 Å². The predicted molar refractivity (Wildman–Crippen MR) is 135 cm³/mol. The quantitative estimate of drug-likeness (QED) is 0.139. The van der Waals surface area contributed by atoms with E-state index in [4.69, 9.17) is 4.74 Å². The van der Waals surface area contributed by atoms with E-state index in [1.807, 2.05) is 54.6 Å². The van der Waals surface area contributed by atoms with Crippen LogP contribution in [0.5, 0.6) is 0 Å². The van der Waals surface area contributed by atoms with Gasteiger partial charge in [-0.15, -0.1) is 0 Å². The minimum Gasteiger partial charge on any atom is -0.462 e. The highest BCUT2D eigenvalue weighted by molar-refractivity contribution is 7.99. The van der Waals surface area contributed by atoms with E-state index in [-0.39, 0.29) is 17.5 Å². The molecule has 0 bridgehead atoms. The number of ketones is 1. The highest BCUT2D eigenvalue weighted by Crippen LogP contribution is 2.22. The summed E-state index contributed by atoms with van der Waals surface area (Å²) in [7, 11) is 0. The molecule has 0 aliphatic carbocycles. The van der Waals surface area contributed by atoms with Crippen LogP contribution in [0.15, 0.2) is 96.3 Å². The molecular formula is C27H23N3O3S. The molecule has 1 N–H and O–H groups in total. The largest absolute Gasteiger partial charge is 0.462 e. The van der Waals surface area contributed by atoms with Crippen LogP contribution in [-0.2, 0) is 4.74 Å². The number of thioether (sulfide) groups is 1. The summed E-state index contributed by atoms with van der Waals surface area (Å²) in [6.45, 7) is 2.11. The van der Waals surface area contributed by atoms with Gasteiger partial charge in [-0.2, -0.15) is 0 Å². The number of nitrogens with one attached hydrogen (secondary N) is 1. The maximum Gasteiger partial charge on any atom is 0.338 e. The van der Waals surface area contributed by atoms with Crippen LogP contribution in [0, 0.1) is 0 Å². The normalized spacial score (nSPS) is 10.5. The molecule has 0 amide bonds. The highest BCUT2D eigenvalue weighted by Gasteiger charge is 2.10. The van der Waals surface area contributed by atoms with E-state index >= 15 is 0 Å². The van der Waals surface area contributed by atoms with Crippen molar-refractivity contribution in [3.63, 3.8) is 0 Å². The zero-order valence-electron chi connectivity index (χ0n) is 18.6. The Morgan fingerprint density at radius 3 is 2.24 bits per heavy atom. The Bertz CT molecular complexity index is 1260. The van der Waals surface area contributed by atoms with E-state index in [0.29, 0.717) is 28.7 Å². The van der Waals surface area contributed by atoms with Crippen LogP contribution in [0.2, 0.25) is 0 Å². The van der Waals surface area contributed by atoms with Gasteiger partial charge in [0.25, 0.3) is 0 Å². The van der Waals surface area contributed by atoms with Crippen LogP contribution in [0.1, 0.15) is 27.6 Å². The second-order valence-corrected chi connectivity index (χ2v) is 8.25. The average molecular weight is 470 g/mol. The lowest BCUT2D eigenvalue weighted by Crippen LogP contribution is -2.05. The van der Waals surface area contributed by atoms with E-state index in [1.165, 1.54) is 11.8 Å². The minimum absolute atomic E-state index is 0.0149. The fraction of sp³-hybridized carbons (Fsp3) is 0.111. The van der Waals surface area contributed by atoms with Gasteiger partial charge < -0.3 is 10.1 Å². The van der Waals surface area contributed by atoms with E-state index in [9.17, 15) is 9.59 Å². The molecule has 0 radical (unpaired) electrons. The summed E-state index contributed by atoms with van der Waals surface area (Å²) in [5, 5.41) is 3.68. The molecule has 0 saturated carbocycles.